The summed E-state index contributed by atoms with van der Waals surface area (Å²) in [5.74, 6) is -0.242. The number of hydrogen-bond donors (Lipinski definition) is 3. The first kappa shape index (κ1) is 23.2. The molecule has 0 saturated carbocycles. The molecule has 0 radical (unpaired) electrons. The van der Waals surface area contributed by atoms with Crippen LogP contribution >= 0.6 is 0 Å². The van der Waals surface area contributed by atoms with Crippen molar-refractivity contribution >= 4 is 12.0 Å². The summed E-state index contributed by atoms with van der Waals surface area (Å²) >= 11 is 0. The molecule has 30 heavy (non-hydrogen) atoms. The van der Waals surface area contributed by atoms with Crippen LogP contribution in [-0.2, 0) is 22.7 Å². The van der Waals surface area contributed by atoms with Gasteiger partial charge in [-0.2, -0.15) is 0 Å². The topological polar surface area (TPSA) is 96.9 Å². The molecule has 162 valence electrons. The summed E-state index contributed by atoms with van der Waals surface area (Å²) < 4.78 is 23.9. The zero-order valence-electron chi connectivity index (χ0n) is 17.3. The van der Waals surface area contributed by atoms with Crippen LogP contribution in [0.1, 0.15) is 31.9 Å². The van der Waals surface area contributed by atoms with Gasteiger partial charge in [0.15, 0.2) is 0 Å². The highest BCUT2D eigenvalue weighted by atomic mass is 19.1. The second-order valence-electron chi connectivity index (χ2n) is 7.66. The summed E-state index contributed by atoms with van der Waals surface area (Å²) in [5.41, 5.74) is 0.813. The van der Waals surface area contributed by atoms with E-state index in [-0.39, 0.29) is 19.0 Å². The lowest BCUT2D eigenvalue weighted by molar-refractivity contribution is -0.124. The van der Waals surface area contributed by atoms with Crippen molar-refractivity contribution in [3.63, 3.8) is 0 Å². The average Bonchev–Trinajstić information content (AvgIpc) is 2.68. The van der Waals surface area contributed by atoms with Crippen molar-refractivity contribution in [2.75, 3.05) is 6.61 Å². The Labute approximate surface area is 175 Å². The Morgan fingerprint density at radius 3 is 2.40 bits per heavy atom. The van der Waals surface area contributed by atoms with Gasteiger partial charge in [-0.05, 0) is 56.2 Å². The first-order valence-electron chi connectivity index (χ1n) is 9.50. The third kappa shape index (κ3) is 8.08. The molecule has 0 heterocycles. The van der Waals surface area contributed by atoms with Gasteiger partial charge in [-0.3, -0.25) is 4.79 Å². The van der Waals surface area contributed by atoms with Crippen LogP contribution < -0.4 is 15.4 Å². The van der Waals surface area contributed by atoms with E-state index in [1.807, 2.05) is 0 Å². The fourth-order valence-electron chi connectivity index (χ4n) is 2.45. The van der Waals surface area contributed by atoms with Gasteiger partial charge in [-0.25, -0.2) is 9.18 Å². The number of aliphatic hydroxyl groups is 1. The minimum Gasteiger partial charge on any atom is -0.489 e. The smallest absolute Gasteiger partial charge is 0.408 e. The summed E-state index contributed by atoms with van der Waals surface area (Å²) in [6, 6.07) is 12.1. The fourth-order valence-corrected chi connectivity index (χ4v) is 2.45. The molecule has 0 aromatic heterocycles. The Kier molecular flexibility index (Phi) is 8.17. The third-order valence-electron chi connectivity index (χ3n) is 3.87. The number of alkyl carbamates (subject to hydrolysis) is 1. The van der Waals surface area contributed by atoms with Crippen molar-refractivity contribution in [3.8, 4) is 5.75 Å². The molecule has 0 fully saturated rings. The van der Waals surface area contributed by atoms with Gasteiger partial charge in [0.05, 0.1) is 6.61 Å². The predicted octanol–water partition coefficient (Wildman–Crippen LogP) is 2.91. The summed E-state index contributed by atoms with van der Waals surface area (Å²) in [6.45, 7) is 4.99. The van der Waals surface area contributed by atoms with E-state index in [2.05, 4.69) is 10.6 Å². The molecule has 0 aliphatic rings. The summed E-state index contributed by atoms with van der Waals surface area (Å²) in [6.07, 6.45) is -0.781. The zero-order valence-corrected chi connectivity index (χ0v) is 17.3. The lowest BCUT2D eigenvalue weighted by Gasteiger charge is -2.22. The van der Waals surface area contributed by atoms with E-state index in [0.29, 0.717) is 5.75 Å². The summed E-state index contributed by atoms with van der Waals surface area (Å²) in [4.78, 5) is 24.0. The maximum atomic E-state index is 13.2. The van der Waals surface area contributed by atoms with E-state index in [9.17, 15) is 19.1 Å². The van der Waals surface area contributed by atoms with E-state index in [0.717, 1.165) is 11.1 Å². The average molecular weight is 418 g/mol. The molecule has 8 heteroatoms. The molecule has 2 aromatic carbocycles. The molecule has 0 spiro atoms. The number of benzene rings is 2. The van der Waals surface area contributed by atoms with Crippen LogP contribution in [0.3, 0.4) is 0 Å². The van der Waals surface area contributed by atoms with Crippen LogP contribution in [0.4, 0.5) is 9.18 Å². The molecule has 3 N–H and O–H groups in total. The van der Waals surface area contributed by atoms with Gasteiger partial charge in [-0.1, -0.05) is 24.3 Å². The number of rotatable bonds is 8. The molecular weight excluding hydrogens is 391 g/mol. The van der Waals surface area contributed by atoms with Gasteiger partial charge in [0.25, 0.3) is 0 Å². The molecule has 0 saturated heterocycles. The molecule has 0 aliphatic heterocycles. The van der Waals surface area contributed by atoms with Gasteiger partial charge < -0.3 is 25.2 Å². The SMILES string of the molecule is CC(C)(C)OC(=O)N[C@H](CO)C(=O)NCc1ccc(OCc2cccc(F)c2)cc1. The van der Waals surface area contributed by atoms with Crippen LogP contribution in [0.5, 0.6) is 5.75 Å². The van der Waals surface area contributed by atoms with Crippen LogP contribution in [0.25, 0.3) is 0 Å². The van der Waals surface area contributed by atoms with Crippen LogP contribution in [0.2, 0.25) is 0 Å². The number of nitrogens with one attached hydrogen (secondary N) is 2. The normalized spacial score (nSPS) is 12.0. The second kappa shape index (κ2) is 10.6. The number of hydrogen-bond acceptors (Lipinski definition) is 5. The lowest BCUT2D eigenvalue weighted by atomic mass is 10.2. The highest BCUT2D eigenvalue weighted by molar-refractivity contribution is 5.85. The van der Waals surface area contributed by atoms with Gasteiger partial charge in [0.2, 0.25) is 5.91 Å². The van der Waals surface area contributed by atoms with E-state index in [1.54, 1.807) is 57.2 Å². The van der Waals surface area contributed by atoms with Crippen molar-refractivity contribution in [3.05, 3.63) is 65.5 Å². The predicted molar refractivity (Wildman–Crippen MR) is 109 cm³/mol. The Balaban J connectivity index is 1.81. The molecule has 1 atom stereocenters. The van der Waals surface area contributed by atoms with Crippen molar-refractivity contribution in [2.24, 2.45) is 0 Å². The van der Waals surface area contributed by atoms with Gasteiger partial charge in [-0.15, -0.1) is 0 Å². The Morgan fingerprint density at radius 2 is 1.80 bits per heavy atom. The molecule has 0 unspecified atom stereocenters. The molecule has 2 rings (SSSR count). The van der Waals surface area contributed by atoms with E-state index in [1.165, 1.54) is 12.1 Å². The maximum absolute atomic E-state index is 13.2. The van der Waals surface area contributed by atoms with Crippen LogP contribution in [0.15, 0.2) is 48.5 Å². The van der Waals surface area contributed by atoms with Gasteiger partial charge in [0, 0.05) is 6.54 Å². The third-order valence-corrected chi connectivity index (χ3v) is 3.87. The highest BCUT2D eigenvalue weighted by Crippen LogP contribution is 2.15. The van der Waals surface area contributed by atoms with Crippen molar-refractivity contribution in [2.45, 2.75) is 45.6 Å². The number of halogens is 1. The number of aliphatic hydroxyl groups excluding tert-OH is 1. The standard InChI is InChI=1S/C22H27FN2O5/c1-22(2,3)30-21(28)25-19(13-26)20(27)24-12-15-7-9-18(10-8-15)29-14-16-5-4-6-17(23)11-16/h4-11,19,26H,12-14H2,1-3H3,(H,24,27)(H,25,28)/t19-/m1/s1. The number of carbonyl (C=O) groups is 2. The quantitative estimate of drug-likeness (QED) is 0.613. The molecule has 7 nitrogen and oxygen atoms in total. The van der Waals surface area contributed by atoms with E-state index >= 15 is 0 Å². The summed E-state index contributed by atoms with van der Waals surface area (Å²) in [5, 5.41) is 14.4. The Hall–Kier alpha value is -3.13. The Bertz CT molecular complexity index is 849. The molecule has 0 bridgehead atoms. The molecule has 2 amide bonds. The zero-order chi connectivity index (χ0) is 22.1. The highest BCUT2D eigenvalue weighted by Gasteiger charge is 2.23. The number of amides is 2. The van der Waals surface area contributed by atoms with Crippen molar-refractivity contribution < 1.29 is 28.6 Å². The first-order valence-corrected chi connectivity index (χ1v) is 9.50. The minimum atomic E-state index is -1.12. The summed E-state index contributed by atoms with van der Waals surface area (Å²) in [7, 11) is 0. The van der Waals surface area contributed by atoms with Gasteiger partial charge >= 0.3 is 6.09 Å². The minimum absolute atomic E-state index is 0.204. The molecule has 2 aromatic rings. The molecule has 0 aliphatic carbocycles. The van der Waals surface area contributed by atoms with Crippen LogP contribution in [0, 0.1) is 5.82 Å². The Morgan fingerprint density at radius 1 is 1.10 bits per heavy atom. The number of carbonyl (C=O) groups excluding carboxylic acids is 2. The van der Waals surface area contributed by atoms with Gasteiger partial charge in [0.1, 0.15) is 29.8 Å². The first-order chi connectivity index (χ1) is 14.2. The van der Waals surface area contributed by atoms with E-state index in [4.69, 9.17) is 9.47 Å². The largest absolute Gasteiger partial charge is 0.489 e. The van der Waals surface area contributed by atoms with E-state index < -0.39 is 30.3 Å². The second-order valence-corrected chi connectivity index (χ2v) is 7.66. The van der Waals surface area contributed by atoms with Crippen molar-refractivity contribution in [1.29, 1.82) is 0 Å². The number of ether oxygens (including phenoxy) is 2. The molecular formula is C22H27FN2O5. The van der Waals surface area contributed by atoms with Crippen LogP contribution in [-0.4, -0.2) is 35.4 Å². The fraction of sp³-hybridized carbons (Fsp3) is 0.364. The lowest BCUT2D eigenvalue weighted by Crippen LogP contribution is -2.49. The van der Waals surface area contributed by atoms with Crippen molar-refractivity contribution in [1.82, 2.24) is 10.6 Å². The monoisotopic (exact) mass is 418 g/mol. The maximum Gasteiger partial charge on any atom is 0.408 e.